The summed E-state index contributed by atoms with van der Waals surface area (Å²) >= 11 is 0. The average Bonchev–Trinajstić information content (AvgIpc) is 3.30. The first-order chi connectivity index (χ1) is 16.6. The Balaban J connectivity index is 2.89. The standard InChI is InChI=1S/C22H41N7O6/c23-11-3-1-6-14(25)19(31)27-15(9-10-18(26)30)21(33)29-13-5-8-17(29)20(32)28-16(22(34)35)7-2-4-12-24/h14-17H,1-13,23-25H2,(H2,26,30)(H,27,31)(H,28,32)(H,34,35). The molecule has 1 saturated heterocycles. The van der Waals surface area contributed by atoms with Gasteiger partial charge in [-0.2, -0.15) is 0 Å². The van der Waals surface area contributed by atoms with E-state index >= 15 is 0 Å². The molecule has 0 spiro atoms. The molecule has 4 unspecified atom stereocenters. The minimum Gasteiger partial charge on any atom is -0.480 e. The molecule has 35 heavy (non-hydrogen) atoms. The zero-order valence-corrected chi connectivity index (χ0v) is 20.2. The number of nitrogens with one attached hydrogen (secondary N) is 2. The maximum absolute atomic E-state index is 13.3. The van der Waals surface area contributed by atoms with Crippen molar-refractivity contribution in [2.24, 2.45) is 22.9 Å². The minimum atomic E-state index is -1.17. The van der Waals surface area contributed by atoms with Crippen LogP contribution in [-0.4, -0.2) is 83.4 Å². The van der Waals surface area contributed by atoms with Crippen LogP contribution in [0.15, 0.2) is 0 Å². The lowest BCUT2D eigenvalue weighted by Crippen LogP contribution is -2.56. The molecule has 1 aliphatic rings. The SMILES string of the molecule is NCCCCC(N)C(=O)NC(CCC(N)=O)C(=O)N1CCCC1C(=O)NC(CCCCN)C(=O)O. The first-order valence-corrected chi connectivity index (χ1v) is 12.2. The zero-order valence-electron chi connectivity index (χ0n) is 20.2. The van der Waals surface area contributed by atoms with Crippen molar-refractivity contribution < 1.29 is 29.1 Å². The number of hydrogen-bond donors (Lipinski definition) is 7. The highest BCUT2D eigenvalue weighted by atomic mass is 16.4. The number of carbonyl (C=O) groups is 5. The van der Waals surface area contributed by atoms with E-state index in [4.69, 9.17) is 22.9 Å². The summed E-state index contributed by atoms with van der Waals surface area (Å²) in [6, 6.07) is -3.93. The lowest BCUT2D eigenvalue weighted by Gasteiger charge is -2.30. The molecule has 0 bridgehead atoms. The molecule has 1 aliphatic heterocycles. The monoisotopic (exact) mass is 499 g/mol. The minimum absolute atomic E-state index is 0.0445. The summed E-state index contributed by atoms with van der Waals surface area (Å²) in [4.78, 5) is 63.0. The van der Waals surface area contributed by atoms with E-state index in [1.807, 2.05) is 0 Å². The van der Waals surface area contributed by atoms with Crippen LogP contribution >= 0.6 is 0 Å². The van der Waals surface area contributed by atoms with Gasteiger partial charge in [-0.25, -0.2) is 4.79 Å². The van der Waals surface area contributed by atoms with Gasteiger partial charge in [-0.3, -0.25) is 19.2 Å². The van der Waals surface area contributed by atoms with Crippen molar-refractivity contribution in [1.29, 1.82) is 0 Å². The van der Waals surface area contributed by atoms with Gasteiger partial charge in [-0.15, -0.1) is 0 Å². The molecule has 4 atom stereocenters. The highest BCUT2D eigenvalue weighted by Gasteiger charge is 2.39. The van der Waals surface area contributed by atoms with Gasteiger partial charge in [0.25, 0.3) is 0 Å². The molecule has 0 aromatic rings. The predicted molar refractivity (Wildman–Crippen MR) is 128 cm³/mol. The van der Waals surface area contributed by atoms with Crippen LogP contribution in [0.25, 0.3) is 0 Å². The Morgan fingerprint density at radius 3 is 2.11 bits per heavy atom. The molecule has 0 aromatic carbocycles. The number of nitrogens with zero attached hydrogens (tertiary/aromatic N) is 1. The predicted octanol–water partition coefficient (Wildman–Crippen LogP) is -2.12. The van der Waals surface area contributed by atoms with E-state index < -0.39 is 53.8 Å². The van der Waals surface area contributed by atoms with Crippen LogP contribution in [0.5, 0.6) is 0 Å². The van der Waals surface area contributed by atoms with E-state index in [1.165, 1.54) is 4.90 Å². The highest BCUT2D eigenvalue weighted by Crippen LogP contribution is 2.20. The molecule has 1 heterocycles. The molecule has 13 heteroatoms. The molecule has 0 saturated carbocycles. The second kappa shape index (κ2) is 16.0. The van der Waals surface area contributed by atoms with Crippen LogP contribution < -0.4 is 33.6 Å². The molecule has 1 fully saturated rings. The van der Waals surface area contributed by atoms with Gasteiger partial charge >= 0.3 is 5.97 Å². The Hall–Kier alpha value is -2.77. The molecule has 4 amide bonds. The van der Waals surface area contributed by atoms with Crippen LogP contribution in [-0.2, 0) is 24.0 Å². The van der Waals surface area contributed by atoms with E-state index in [9.17, 15) is 29.1 Å². The Kier molecular flexibility index (Phi) is 13.8. The largest absolute Gasteiger partial charge is 0.480 e. The van der Waals surface area contributed by atoms with E-state index in [0.717, 1.165) is 0 Å². The number of amides is 4. The fourth-order valence-corrected chi connectivity index (χ4v) is 3.98. The van der Waals surface area contributed by atoms with E-state index in [1.54, 1.807) is 0 Å². The topological polar surface area (TPSA) is 237 Å². The van der Waals surface area contributed by atoms with E-state index in [2.05, 4.69) is 10.6 Å². The summed E-state index contributed by atoms with van der Waals surface area (Å²) in [5.41, 5.74) is 22.1. The first-order valence-electron chi connectivity index (χ1n) is 12.2. The van der Waals surface area contributed by atoms with E-state index in [0.29, 0.717) is 58.0 Å². The summed E-state index contributed by atoms with van der Waals surface area (Å²) in [6.45, 7) is 1.15. The third-order valence-corrected chi connectivity index (χ3v) is 6.00. The number of carboxylic acid groups (broad SMARTS) is 1. The number of aliphatic carboxylic acids is 1. The number of carbonyl (C=O) groups excluding carboxylic acids is 4. The second-order valence-electron chi connectivity index (χ2n) is 8.83. The van der Waals surface area contributed by atoms with E-state index in [-0.39, 0.29) is 25.8 Å². The molecule has 11 N–H and O–H groups in total. The van der Waals surface area contributed by atoms with Crippen molar-refractivity contribution in [3.05, 3.63) is 0 Å². The van der Waals surface area contributed by atoms with Crippen molar-refractivity contribution in [1.82, 2.24) is 15.5 Å². The van der Waals surface area contributed by atoms with Crippen molar-refractivity contribution in [3.8, 4) is 0 Å². The number of hydrogen-bond acceptors (Lipinski definition) is 8. The summed E-state index contributed by atoms with van der Waals surface area (Å²) in [5, 5.41) is 14.6. The lowest BCUT2D eigenvalue weighted by atomic mass is 10.1. The second-order valence-corrected chi connectivity index (χ2v) is 8.83. The number of likely N-dealkylation sites (tertiary alicyclic amines) is 1. The molecule has 0 aliphatic carbocycles. The van der Waals surface area contributed by atoms with Crippen molar-refractivity contribution >= 4 is 29.6 Å². The first kappa shape index (κ1) is 30.3. The van der Waals surface area contributed by atoms with Crippen molar-refractivity contribution in [2.45, 2.75) is 88.4 Å². The molecule has 200 valence electrons. The Morgan fingerprint density at radius 2 is 1.54 bits per heavy atom. The van der Waals surface area contributed by atoms with Gasteiger partial charge in [0.1, 0.15) is 18.1 Å². The molecular weight excluding hydrogens is 458 g/mol. The van der Waals surface area contributed by atoms with Gasteiger partial charge < -0.3 is 43.6 Å². The average molecular weight is 500 g/mol. The fourth-order valence-electron chi connectivity index (χ4n) is 3.98. The normalized spacial score (nSPS) is 17.9. The molecule has 1 rings (SSSR count). The molecule has 0 aromatic heterocycles. The summed E-state index contributed by atoms with van der Waals surface area (Å²) in [7, 11) is 0. The number of primary amides is 1. The Bertz CT molecular complexity index is 735. The molecular formula is C22H41N7O6. The third kappa shape index (κ3) is 10.6. The Morgan fingerprint density at radius 1 is 0.914 bits per heavy atom. The van der Waals surface area contributed by atoms with Gasteiger partial charge in [-0.05, 0) is 64.5 Å². The summed E-state index contributed by atoms with van der Waals surface area (Å²) in [5.74, 6) is -3.46. The smallest absolute Gasteiger partial charge is 0.326 e. The number of unbranched alkanes of at least 4 members (excludes halogenated alkanes) is 2. The molecule has 0 radical (unpaired) electrons. The number of carboxylic acids is 1. The van der Waals surface area contributed by atoms with Crippen LogP contribution in [0.2, 0.25) is 0 Å². The van der Waals surface area contributed by atoms with Crippen LogP contribution in [0.1, 0.15) is 64.2 Å². The molecule has 13 nitrogen and oxygen atoms in total. The quantitative estimate of drug-likeness (QED) is 0.108. The summed E-state index contributed by atoms with van der Waals surface area (Å²) in [6.07, 6.45) is 3.81. The van der Waals surface area contributed by atoms with Crippen molar-refractivity contribution in [2.75, 3.05) is 19.6 Å². The van der Waals surface area contributed by atoms with Gasteiger partial charge in [-0.1, -0.05) is 6.42 Å². The van der Waals surface area contributed by atoms with Crippen LogP contribution in [0.3, 0.4) is 0 Å². The maximum atomic E-state index is 13.3. The van der Waals surface area contributed by atoms with Crippen molar-refractivity contribution in [3.63, 3.8) is 0 Å². The zero-order chi connectivity index (χ0) is 26.4. The maximum Gasteiger partial charge on any atom is 0.326 e. The van der Waals surface area contributed by atoms with Gasteiger partial charge in [0.15, 0.2) is 0 Å². The van der Waals surface area contributed by atoms with Gasteiger partial charge in [0.05, 0.1) is 6.04 Å². The van der Waals surface area contributed by atoms with Crippen LogP contribution in [0, 0.1) is 0 Å². The number of nitrogens with two attached hydrogens (primary N) is 4. The number of rotatable bonds is 17. The highest BCUT2D eigenvalue weighted by molar-refractivity contribution is 5.94. The van der Waals surface area contributed by atoms with Gasteiger partial charge in [0, 0.05) is 13.0 Å². The van der Waals surface area contributed by atoms with Gasteiger partial charge in [0.2, 0.25) is 23.6 Å². The fraction of sp³-hybridized carbons (Fsp3) is 0.773. The summed E-state index contributed by atoms with van der Waals surface area (Å²) < 4.78 is 0. The lowest BCUT2D eigenvalue weighted by molar-refractivity contribution is -0.145. The third-order valence-electron chi connectivity index (χ3n) is 6.00. The van der Waals surface area contributed by atoms with Crippen LogP contribution in [0.4, 0.5) is 0 Å². The Labute approximate surface area is 205 Å².